The van der Waals surface area contributed by atoms with Crippen molar-refractivity contribution in [2.45, 2.75) is 26.9 Å². The number of methoxy groups -OCH3 is 1. The van der Waals surface area contributed by atoms with Crippen molar-refractivity contribution in [3.63, 3.8) is 0 Å². The van der Waals surface area contributed by atoms with Gasteiger partial charge in [0.15, 0.2) is 5.96 Å². The predicted molar refractivity (Wildman–Crippen MR) is 113 cm³/mol. The van der Waals surface area contributed by atoms with Crippen molar-refractivity contribution in [1.29, 1.82) is 0 Å². The van der Waals surface area contributed by atoms with E-state index in [0.717, 1.165) is 5.56 Å². The average molecular weight is 473 g/mol. The second-order valence-corrected chi connectivity index (χ2v) is 5.63. The zero-order valence-corrected chi connectivity index (χ0v) is 17.5. The van der Waals surface area contributed by atoms with Gasteiger partial charge < -0.3 is 20.5 Å². The predicted octanol–water partition coefficient (Wildman–Crippen LogP) is 3.72. The van der Waals surface area contributed by atoms with Crippen LogP contribution in [0.1, 0.15) is 23.6 Å². The number of hydrogen-bond donors (Lipinski definition) is 3. The van der Waals surface area contributed by atoms with E-state index in [0.29, 0.717) is 42.5 Å². The third-order valence-corrected chi connectivity index (χ3v) is 3.73. The number of aromatic hydroxyl groups is 1. The molecule has 142 valence electrons. The molecule has 0 radical (unpaired) electrons. The minimum atomic E-state index is -0.230. The number of nitrogens with one attached hydrogen (secondary N) is 2. The van der Waals surface area contributed by atoms with Crippen LogP contribution in [0.15, 0.2) is 41.4 Å². The van der Waals surface area contributed by atoms with E-state index in [-0.39, 0.29) is 35.5 Å². The number of rotatable bonds is 6. The van der Waals surface area contributed by atoms with E-state index in [1.807, 2.05) is 13.0 Å². The van der Waals surface area contributed by atoms with Crippen LogP contribution in [-0.2, 0) is 13.1 Å². The summed E-state index contributed by atoms with van der Waals surface area (Å²) in [6, 6.07) is 10.2. The first kappa shape index (κ1) is 22.0. The standard InChI is InChI=1S/C19H24FN3O2.HI/c1-4-21-19(22-11-14-6-5-13(2)17(20)9-14)23-12-15-10-16(25-3)7-8-18(15)24;/h5-10,24H,4,11-12H2,1-3H3,(H2,21,22,23);1H. The third kappa shape index (κ3) is 6.36. The Morgan fingerprint density at radius 3 is 2.62 bits per heavy atom. The van der Waals surface area contributed by atoms with Crippen molar-refractivity contribution in [3.05, 3.63) is 58.9 Å². The summed E-state index contributed by atoms with van der Waals surface area (Å²) in [5.74, 6) is 1.22. The van der Waals surface area contributed by atoms with Gasteiger partial charge in [0, 0.05) is 18.7 Å². The number of aryl methyl sites for hydroxylation is 1. The summed E-state index contributed by atoms with van der Waals surface area (Å²) in [7, 11) is 1.58. The Bertz CT molecular complexity index is 754. The zero-order chi connectivity index (χ0) is 18.2. The number of halogens is 2. The molecule has 0 spiro atoms. The van der Waals surface area contributed by atoms with Crippen molar-refractivity contribution in [3.8, 4) is 11.5 Å². The number of hydrogen-bond acceptors (Lipinski definition) is 3. The number of nitrogens with zero attached hydrogens (tertiary/aromatic N) is 1. The summed E-state index contributed by atoms with van der Waals surface area (Å²) in [6.45, 7) is 5.13. The molecule has 0 fully saturated rings. The minimum absolute atomic E-state index is 0. The number of benzene rings is 2. The van der Waals surface area contributed by atoms with E-state index in [9.17, 15) is 9.50 Å². The van der Waals surface area contributed by atoms with Gasteiger partial charge in [0.2, 0.25) is 0 Å². The number of phenolic OH excluding ortho intramolecular Hbond substituents is 1. The van der Waals surface area contributed by atoms with Crippen LogP contribution in [0.2, 0.25) is 0 Å². The van der Waals surface area contributed by atoms with E-state index in [1.54, 1.807) is 38.3 Å². The molecule has 0 atom stereocenters. The Balaban J connectivity index is 0.00000338. The van der Waals surface area contributed by atoms with Gasteiger partial charge in [-0.1, -0.05) is 12.1 Å². The molecule has 2 aromatic rings. The van der Waals surface area contributed by atoms with Crippen LogP contribution in [0.25, 0.3) is 0 Å². The molecule has 0 aliphatic rings. The van der Waals surface area contributed by atoms with E-state index in [4.69, 9.17) is 4.74 Å². The van der Waals surface area contributed by atoms with Crippen LogP contribution < -0.4 is 15.4 Å². The van der Waals surface area contributed by atoms with Crippen molar-refractivity contribution >= 4 is 29.9 Å². The number of aliphatic imine (C=N–C) groups is 1. The molecule has 0 aromatic heterocycles. The summed E-state index contributed by atoms with van der Waals surface area (Å²) >= 11 is 0. The van der Waals surface area contributed by atoms with Gasteiger partial charge >= 0.3 is 0 Å². The Kier molecular flexibility index (Phi) is 9.18. The van der Waals surface area contributed by atoms with Crippen LogP contribution in [0.5, 0.6) is 11.5 Å². The van der Waals surface area contributed by atoms with Gasteiger partial charge in [-0.3, -0.25) is 0 Å². The number of phenols is 1. The quantitative estimate of drug-likeness (QED) is 0.340. The summed E-state index contributed by atoms with van der Waals surface area (Å²) in [5.41, 5.74) is 2.11. The minimum Gasteiger partial charge on any atom is -0.508 e. The lowest BCUT2D eigenvalue weighted by Crippen LogP contribution is -2.36. The van der Waals surface area contributed by atoms with Crippen LogP contribution in [0.4, 0.5) is 4.39 Å². The summed E-state index contributed by atoms with van der Waals surface area (Å²) < 4.78 is 18.8. The van der Waals surface area contributed by atoms with Crippen LogP contribution >= 0.6 is 24.0 Å². The molecule has 0 heterocycles. The van der Waals surface area contributed by atoms with Gasteiger partial charge in [-0.2, -0.15) is 0 Å². The first-order chi connectivity index (χ1) is 12.0. The van der Waals surface area contributed by atoms with Crippen molar-refractivity contribution in [2.24, 2.45) is 4.99 Å². The first-order valence-corrected chi connectivity index (χ1v) is 8.16. The first-order valence-electron chi connectivity index (χ1n) is 8.16. The highest BCUT2D eigenvalue weighted by Gasteiger charge is 2.05. The normalized spacial score (nSPS) is 10.8. The fourth-order valence-corrected chi connectivity index (χ4v) is 2.26. The average Bonchev–Trinajstić information content (AvgIpc) is 2.61. The molecule has 5 nitrogen and oxygen atoms in total. The van der Waals surface area contributed by atoms with Gasteiger partial charge in [-0.05, 0) is 49.2 Å². The zero-order valence-electron chi connectivity index (χ0n) is 15.2. The summed E-state index contributed by atoms with van der Waals surface area (Å²) in [6.07, 6.45) is 0. The summed E-state index contributed by atoms with van der Waals surface area (Å²) in [5, 5.41) is 16.2. The topological polar surface area (TPSA) is 65.9 Å². The number of guanidine groups is 1. The second-order valence-electron chi connectivity index (χ2n) is 5.63. The Labute approximate surface area is 170 Å². The molecule has 0 aliphatic carbocycles. The molecule has 2 rings (SSSR count). The van der Waals surface area contributed by atoms with Gasteiger partial charge in [-0.25, -0.2) is 9.38 Å². The lowest BCUT2D eigenvalue weighted by molar-refractivity contribution is 0.410. The van der Waals surface area contributed by atoms with Crippen molar-refractivity contribution in [2.75, 3.05) is 13.7 Å². The second kappa shape index (κ2) is 10.8. The van der Waals surface area contributed by atoms with Crippen LogP contribution in [0, 0.1) is 12.7 Å². The molecule has 26 heavy (non-hydrogen) atoms. The van der Waals surface area contributed by atoms with Crippen molar-refractivity contribution < 1.29 is 14.2 Å². The smallest absolute Gasteiger partial charge is 0.191 e. The van der Waals surface area contributed by atoms with Crippen LogP contribution in [0.3, 0.4) is 0 Å². The molecular formula is C19H25FIN3O2. The van der Waals surface area contributed by atoms with E-state index in [2.05, 4.69) is 15.6 Å². The van der Waals surface area contributed by atoms with E-state index < -0.39 is 0 Å². The Hall–Kier alpha value is -2.03. The Morgan fingerprint density at radius 2 is 1.96 bits per heavy atom. The fraction of sp³-hybridized carbons (Fsp3) is 0.316. The maximum absolute atomic E-state index is 13.6. The Morgan fingerprint density at radius 1 is 1.19 bits per heavy atom. The molecular weight excluding hydrogens is 448 g/mol. The highest BCUT2D eigenvalue weighted by atomic mass is 127. The lowest BCUT2D eigenvalue weighted by atomic mass is 10.1. The molecule has 0 aliphatic heterocycles. The van der Waals surface area contributed by atoms with Gasteiger partial charge in [0.1, 0.15) is 17.3 Å². The van der Waals surface area contributed by atoms with E-state index in [1.165, 1.54) is 6.07 Å². The highest BCUT2D eigenvalue weighted by Crippen LogP contribution is 2.22. The summed E-state index contributed by atoms with van der Waals surface area (Å²) in [4.78, 5) is 4.46. The molecule has 2 aromatic carbocycles. The number of ether oxygens (including phenoxy) is 1. The molecule has 0 saturated heterocycles. The fourth-order valence-electron chi connectivity index (χ4n) is 2.26. The highest BCUT2D eigenvalue weighted by molar-refractivity contribution is 14.0. The molecule has 0 amide bonds. The molecule has 0 unspecified atom stereocenters. The third-order valence-electron chi connectivity index (χ3n) is 3.73. The maximum atomic E-state index is 13.6. The maximum Gasteiger partial charge on any atom is 0.191 e. The SMILES string of the molecule is CCNC(=NCc1ccc(C)c(F)c1)NCc1cc(OC)ccc1O.I. The monoisotopic (exact) mass is 473 g/mol. The largest absolute Gasteiger partial charge is 0.508 e. The van der Waals surface area contributed by atoms with Crippen LogP contribution in [-0.4, -0.2) is 24.7 Å². The molecule has 7 heteroatoms. The molecule has 0 bridgehead atoms. The van der Waals surface area contributed by atoms with Gasteiger partial charge in [0.05, 0.1) is 13.7 Å². The lowest BCUT2D eigenvalue weighted by Gasteiger charge is -2.13. The van der Waals surface area contributed by atoms with Gasteiger partial charge in [0.25, 0.3) is 0 Å². The molecule has 0 saturated carbocycles. The van der Waals surface area contributed by atoms with Crippen molar-refractivity contribution in [1.82, 2.24) is 10.6 Å². The van der Waals surface area contributed by atoms with Gasteiger partial charge in [-0.15, -0.1) is 24.0 Å². The molecule has 3 N–H and O–H groups in total. The van der Waals surface area contributed by atoms with E-state index >= 15 is 0 Å².